The lowest BCUT2D eigenvalue weighted by Crippen LogP contribution is -2.22. The highest BCUT2D eigenvalue weighted by atomic mass is 15.2. The number of benzene rings is 2. The lowest BCUT2D eigenvalue weighted by molar-refractivity contribution is 0.912. The summed E-state index contributed by atoms with van der Waals surface area (Å²) in [5.41, 5.74) is 11.9. The molecule has 126 valence electrons. The van der Waals surface area contributed by atoms with Gasteiger partial charge in [0, 0.05) is 11.3 Å². The molecule has 4 N–H and O–H groups in total. The molecule has 1 heterocycles. The molecule has 4 rings (SSSR count). The van der Waals surface area contributed by atoms with Gasteiger partial charge in [-0.2, -0.15) is 5.10 Å². The van der Waals surface area contributed by atoms with Crippen LogP contribution in [0, 0.1) is 0 Å². The lowest BCUT2D eigenvalue weighted by Gasteiger charge is -2.08. The number of hydrogen-bond donors (Lipinski definition) is 3. The zero-order valence-electron chi connectivity index (χ0n) is 13.9. The molecule has 0 bridgehead atoms. The highest BCUT2D eigenvalue weighted by molar-refractivity contribution is 5.92. The minimum absolute atomic E-state index is 0.419. The third-order valence-corrected chi connectivity index (χ3v) is 4.42. The zero-order chi connectivity index (χ0) is 17.1. The van der Waals surface area contributed by atoms with Crippen molar-refractivity contribution in [2.24, 2.45) is 10.7 Å². The topological polar surface area (TPSA) is 92.0 Å². The van der Waals surface area contributed by atoms with E-state index in [9.17, 15) is 0 Å². The number of nitrogens with one attached hydrogen (secondary N) is 2. The molecule has 0 amide bonds. The fourth-order valence-corrected chi connectivity index (χ4v) is 3.18. The van der Waals surface area contributed by atoms with Crippen LogP contribution in [0.1, 0.15) is 23.1 Å². The summed E-state index contributed by atoms with van der Waals surface area (Å²) >= 11 is 0. The predicted octanol–water partition coefficient (Wildman–Crippen LogP) is 2.89. The van der Waals surface area contributed by atoms with Crippen molar-refractivity contribution in [1.82, 2.24) is 15.2 Å². The molecule has 6 nitrogen and oxygen atoms in total. The molecule has 25 heavy (non-hydrogen) atoms. The maximum absolute atomic E-state index is 6.04. The van der Waals surface area contributed by atoms with Crippen molar-refractivity contribution >= 4 is 11.6 Å². The van der Waals surface area contributed by atoms with Crippen LogP contribution in [0.2, 0.25) is 0 Å². The van der Waals surface area contributed by atoms with Gasteiger partial charge >= 0.3 is 0 Å². The summed E-state index contributed by atoms with van der Waals surface area (Å²) in [5.74, 6) is 1.16. The van der Waals surface area contributed by atoms with Crippen LogP contribution in [0.25, 0.3) is 11.4 Å². The Morgan fingerprint density at radius 3 is 2.96 bits per heavy atom. The van der Waals surface area contributed by atoms with E-state index in [2.05, 4.69) is 43.7 Å². The molecular formula is C19H20N6. The number of guanidine groups is 1. The fourth-order valence-electron chi connectivity index (χ4n) is 3.18. The standard InChI is InChI=1S/C19H20N6/c20-19(24-17-8-7-14-4-2-5-15(14)10-17)21-11-13-3-1-6-16(9-13)18-22-12-23-25-18/h1,3,6-10,12H,2,4-5,11H2,(H3,20,21,24)(H,22,23,25). The Morgan fingerprint density at radius 1 is 1.16 bits per heavy atom. The third-order valence-electron chi connectivity index (χ3n) is 4.42. The second-order valence-corrected chi connectivity index (χ2v) is 6.20. The van der Waals surface area contributed by atoms with Crippen LogP contribution in [0.4, 0.5) is 5.69 Å². The predicted molar refractivity (Wildman–Crippen MR) is 99.2 cm³/mol. The van der Waals surface area contributed by atoms with Crippen molar-refractivity contribution in [2.75, 3.05) is 5.32 Å². The summed E-state index contributed by atoms with van der Waals surface area (Å²) in [4.78, 5) is 8.61. The third kappa shape index (κ3) is 3.52. The molecule has 0 unspecified atom stereocenters. The number of nitrogens with two attached hydrogens (primary N) is 1. The van der Waals surface area contributed by atoms with Gasteiger partial charge in [-0.05, 0) is 54.2 Å². The molecule has 3 aromatic rings. The van der Waals surface area contributed by atoms with E-state index < -0.39 is 0 Å². The van der Waals surface area contributed by atoms with E-state index in [1.807, 2.05) is 24.3 Å². The molecule has 2 aromatic carbocycles. The maximum Gasteiger partial charge on any atom is 0.193 e. The second kappa shape index (κ2) is 6.76. The van der Waals surface area contributed by atoms with Crippen LogP contribution in [-0.2, 0) is 19.4 Å². The van der Waals surface area contributed by atoms with Gasteiger partial charge in [0.25, 0.3) is 0 Å². The summed E-state index contributed by atoms with van der Waals surface area (Å²) in [7, 11) is 0. The molecule has 1 aromatic heterocycles. The van der Waals surface area contributed by atoms with Crippen molar-refractivity contribution in [3.63, 3.8) is 0 Å². The quantitative estimate of drug-likeness (QED) is 0.506. The van der Waals surface area contributed by atoms with Crippen molar-refractivity contribution in [2.45, 2.75) is 25.8 Å². The largest absolute Gasteiger partial charge is 0.370 e. The van der Waals surface area contributed by atoms with Crippen LogP contribution in [-0.4, -0.2) is 21.1 Å². The molecule has 0 saturated heterocycles. The molecule has 0 fully saturated rings. The van der Waals surface area contributed by atoms with Gasteiger partial charge in [0.05, 0.1) is 6.54 Å². The van der Waals surface area contributed by atoms with Gasteiger partial charge in [-0.25, -0.2) is 9.98 Å². The van der Waals surface area contributed by atoms with Crippen molar-refractivity contribution in [3.8, 4) is 11.4 Å². The van der Waals surface area contributed by atoms with E-state index in [-0.39, 0.29) is 0 Å². The molecule has 0 spiro atoms. The number of aromatic nitrogens is 3. The monoisotopic (exact) mass is 332 g/mol. The Labute approximate surface area is 146 Å². The van der Waals surface area contributed by atoms with Gasteiger partial charge < -0.3 is 11.1 Å². The summed E-state index contributed by atoms with van der Waals surface area (Å²) in [5, 5.41) is 9.93. The first kappa shape index (κ1) is 15.4. The number of aliphatic imine (C=N–C) groups is 1. The second-order valence-electron chi connectivity index (χ2n) is 6.20. The van der Waals surface area contributed by atoms with E-state index >= 15 is 0 Å². The minimum Gasteiger partial charge on any atom is -0.370 e. The Hall–Kier alpha value is -3.15. The number of anilines is 1. The smallest absolute Gasteiger partial charge is 0.193 e. The van der Waals surface area contributed by atoms with E-state index in [1.165, 1.54) is 30.3 Å². The SMILES string of the molecule is NC(=NCc1cccc(-c2ncn[nH]2)c1)Nc1ccc2c(c1)CCC2. The molecule has 0 saturated carbocycles. The first-order valence-corrected chi connectivity index (χ1v) is 8.41. The normalized spacial score (nSPS) is 13.7. The number of aryl methyl sites for hydroxylation is 2. The van der Waals surface area contributed by atoms with Gasteiger partial charge in [-0.15, -0.1) is 0 Å². The first-order valence-electron chi connectivity index (χ1n) is 8.41. The Kier molecular flexibility index (Phi) is 4.16. The van der Waals surface area contributed by atoms with Crippen LogP contribution in [0.15, 0.2) is 53.8 Å². The van der Waals surface area contributed by atoms with Crippen molar-refractivity contribution in [3.05, 3.63) is 65.5 Å². The first-order chi connectivity index (χ1) is 12.3. The van der Waals surface area contributed by atoms with E-state index in [1.54, 1.807) is 0 Å². The Bertz CT molecular complexity index is 898. The van der Waals surface area contributed by atoms with Crippen molar-refractivity contribution in [1.29, 1.82) is 0 Å². The van der Waals surface area contributed by atoms with E-state index in [0.717, 1.165) is 29.1 Å². The number of nitrogens with zero attached hydrogens (tertiary/aromatic N) is 3. The van der Waals surface area contributed by atoms with Gasteiger partial charge in [0.2, 0.25) is 0 Å². The lowest BCUT2D eigenvalue weighted by atomic mass is 10.1. The molecule has 0 aliphatic heterocycles. The summed E-state index contributed by atoms with van der Waals surface area (Å²) in [6, 6.07) is 14.4. The molecule has 1 aliphatic carbocycles. The van der Waals surface area contributed by atoms with Crippen LogP contribution in [0.3, 0.4) is 0 Å². The number of H-pyrrole nitrogens is 1. The molecule has 6 heteroatoms. The zero-order valence-corrected chi connectivity index (χ0v) is 13.9. The molecule has 0 radical (unpaired) electrons. The molecule has 0 atom stereocenters. The van der Waals surface area contributed by atoms with Gasteiger partial charge in [0.1, 0.15) is 6.33 Å². The highest BCUT2D eigenvalue weighted by Gasteiger charge is 2.10. The average molecular weight is 332 g/mol. The van der Waals surface area contributed by atoms with Crippen LogP contribution < -0.4 is 11.1 Å². The number of aromatic amines is 1. The maximum atomic E-state index is 6.04. The van der Waals surface area contributed by atoms with Crippen LogP contribution in [0.5, 0.6) is 0 Å². The van der Waals surface area contributed by atoms with E-state index in [4.69, 9.17) is 5.73 Å². The van der Waals surface area contributed by atoms with Gasteiger partial charge in [0.15, 0.2) is 11.8 Å². The van der Waals surface area contributed by atoms with Gasteiger partial charge in [-0.3, -0.25) is 5.10 Å². The highest BCUT2D eigenvalue weighted by Crippen LogP contribution is 2.24. The van der Waals surface area contributed by atoms with E-state index in [0.29, 0.717) is 12.5 Å². The summed E-state index contributed by atoms with van der Waals surface area (Å²) in [6.07, 6.45) is 5.07. The molecule has 1 aliphatic rings. The van der Waals surface area contributed by atoms with Crippen LogP contribution >= 0.6 is 0 Å². The minimum atomic E-state index is 0.419. The van der Waals surface area contributed by atoms with Gasteiger partial charge in [-0.1, -0.05) is 24.3 Å². The number of fused-ring (bicyclic) bond motifs is 1. The summed E-state index contributed by atoms with van der Waals surface area (Å²) in [6.45, 7) is 0.506. The summed E-state index contributed by atoms with van der Waals surface area (Å²) < 4.78 is 0. The Balaban J connectivity index is 1.44. The molecular weight excluding hydrogens is 312 g/mol. The Morgan fingerprint density at radius 2 is 2.08 bits per heavy atom. The number of rotatable bonds is 4. The number of hydrogen-bond acceptors (Lipinski definition) is 3. The average Bonchev–Trinajstić information content (AvgIpc) is 3.31. The fraction of sp³-hybridized carbons (Fsp3) is 0.211. The van der Waals surface area contributed by atoms with Crippen molar-refractivity contribution < 1.29 is 0 Å².